The van der Waals surface area contributed by atoms with Crippen molar-refractivity contribution in [3.05, 3.63) is 78.9 Å². The molecule has 0 spiro atoms. The van der Waals surface area contributed by atoms with Crippen LogP contribution in [0.4, 0.5) is 5.69 Å². The van der Waals surface area contributed by atoms with E-state index in [1.165, 1.54) is 0 Å². The quantitative estimate of drug-likeness (QED) is 0.805. The monoisotopic (exact) mass is 323 g/mol. The molecule has 0 aromatic heterocycles. The van der Waals surface area contributed by atoms with Gasteiger partial charge in [0, 0.05) is 17.2 Å². The van der Waals surface area contributed by atoms with Crippen LogP contribution in [0, 0.1) is 5.92 Å². The molecule has 24 heavy (non-hydrogen) atoms. The molecule has 126 valence electrons. The summed E-state index contributed by atoms with van der Waals surface area (Å²) in [5.74, 6) is -0.298. The van der Waals surface area contributed by atoms with E-state index in [-0.39, 0.29) is 11.8 Å². The van der Waals surface area contributed by atoms with Crippen molar-refractivity contribution in [1.29, 1.82) is 0 Å². The highest BCUT2D eigenvalue weighted by molar-refractivity contribution is 6.06. The number of hydrogen-bond acceptors (Lipinski definition) is 2. The Morgan fingerprint density at radius 1 is 1.08 bits per heavy atom. The lowest BCUT2D eigenvalue weighted by molar-refractivity contribution is 0.00234. The predicted octanol–water partition coefficient (Wildman–Crippen LogP) is 4.30. The number of carbonyl (C=O) groups excluding carboxylic acids is 1. The Kier molecular flexibility index (Phi) is 5.58. The van der Waals surface area contributed by atoms with E-state index in [0.29, 0.717) is 5.56 Å². The van der Waals surface area contributed by atoms with E-state index in [1.54, 1.807) is 30.0 Å². The summed E-state index contributed by atoms with van der Waals surface area (Å²) in [5.41, 5.74) is 0.243. The normalized spacial score (nSPS) is 15.8. The van der Waals surface area contributed by atoms with E-state index in [4.69, 9.17) is 0 Å². The van der Waals surface area contributed by atoms with Crippen molar-refractivity contribution < 1.29 is 9.90 Å². The minimum Gasteiger partial charge on any atom is -0.387 e. The van der Waals surface area contributed by atoms with Crippen molar-refractivity contribution in [2.24, 2.45) is 5.92 Å². The van der Waals surface area contributed by atoms with E-state index < -0.39 is 11.6 Å². The number of para-hydroxylation sites is 1. The summed E-state index contributed by atoms with van der Waals surface area (Å²) in [4.78, 5) is 14.8. The number of aliphatic hydroxyl groups is 1. The first-order valence-electron chi connectivity index (χ1n) is 8.18. The highest BCUT2D eigenvalue weighted by Gasteiger charge is 2.39. The molecule has 0 radical (unpaired) electrons. The summed E-state index contributed by atoms with van der Waals surface area (Å²) >= 11 is 0. The third-order valence-corrected chi connectivity index (χ3v) is 4.78. The highest BCUT2D eigenvalue weighted by atomic mass is 16.3. The maximum atomic E-state index is 13.1. The van der Waals surface area contributed by atoms with Gasteiger partial charge in [-0.1, -0.05) is 49.4 Å². The molecule has 1 N–H and O–H groups in total. The zero-order valence-electron chi connectivity index (χ0n) is 14.5. The predicted molar refractivity (Wildman–Crippen MR) is 99.1 cm³/mol. The fourth-order valence-corrected chi connectivity index (χ4v) is 2.71. The minimum atomic E-state index is -1.11. The molecule has 0 saturated carbocycles. The third-order valence-electron chi connectivity index (χ3n) is 4.78. The van der Waals surface area contributed by atoms with Gasteiger partial charge in [-0.25, -0.2) is 0 Å². The molecule has 3 atom stereocenters. The number of carbonyl (C=O) groups is 1. The molecule has 2 rings (SSSR count). The summed E-state index contributed by atoms with van der Waals surface area (Å²) in [6.07, 6.45) is 1.71. The van der Waals surface area contributed by atoms with Crippen molar-refractivity contribution in [2.75, 3.05) is 4.90 Å². The second-order valence-corrected chi connectivity index (χ2v) is 6.30. The minimum absolute atomic E-state index is 0.133. The van der Waals surface area contributed by atoms with E-state index in [9.17, 15) is 9.90 Å². The summed E-state index contributed by atoms with van der Waals surface area (Å²) in [7, 11) is 0. The SMILES string of the molecule is C=C[C@H](C)[C@](C)(O)[C@@H](C)N(C(=O)c1ccccc1)c1ccccc1. The molecular formula is C21H25NO2. The van der Waals surface area contributed by atoms with Gasteiger partial charge in [-0.3, -0.25) is 4.79 Å². The fraction of sp³-hybridized carbons (Fsp3) is 0.286. The smallest absolute Gasteiger partial charge is 0.258 e. The molecule has 2 aromatic carbocycles. The van der Waals surface area contributed by atoms with E-state index in [0.717, 1.165) is 5.69 Å². The fourth-order valence-electron chi connectivity index (χ4n) is 2.71. The van der Waals surface area contributed by atoms with Crippen molar-refractivity contribution in [3.63, 3.8) is 0 Å². The van der Waals surface area contributed by atoms with Crippen LogP contribution < -0.4 is 4.90 Å². The molecule has 0 aliphatic heterocycles. The van der Waals surface area contributed by atoms with Crippen molar-refractivity contribution in [3.8, 4) is 0 Å². The molecule has 0 unspecified atom stereocenters. The molecule has 2 aromatic rings. The van der Waals surface area contributed by atoms with Crippen LogP contribution in [0.15, 0.2) is 73.3 Å². The van der Waals surface area contributed by atoms with Gasteiger partial charge < -0.3 is 10.0 Å². The van der Waals surface area contributed by atoms with Gasteiger partial charge in [0.05, 0.1) is 11.6 Å². The zero-order valence-corrected chi connectivity index (χ0v) is 14.5. The first kappa shape index (κ1) is 18.0. The molecule has 0 bridgehead atoms. The average Bonchev–Trinajstić information content (AvgIpc) is 2.62. The Bertz CT molecular complexity index is 679. The number of hydrogen-bond donors (Lipinski definition) is 1. The van der Waals surface area contributed by atoms with Crippen LogP contribution in [0.2, 0.25) is 0 Å². The lowest BCUT2D eigenvalue weighted by atomic mass is 9.83. The largest absolute Gasteiger partial charge is 0.387 e. The van der Waals surface area contributed by atoms with E-state index in [2.05, 4.69) is 6.58 Å². The van der Waals surface area contributed by atoms with Crippen LogP contribution in [-0.4, -0.2) is 22.7 Å². The van der Waals surface area contributed by atoms with Crippen LogP contribution in [0.5, 0.6) is 0 Å². The summed E-state index contributed by atoms with van der Waals surface area (Å²) in [6, 6.07) is 18.1. The second kappa shape index (κ2) is 7.45. The number of anilines is 1. The van der Waals surface area contributed by atoms with Crippen LogP contribution in [0.3, 0.4) is 0 Å². The topological polar surface area (TPSA) is 40.5 Å². The molecule has 0 saturated heterocycles. The van der Waals surface area contributed by atoms with Crippen molar-refractivity contribution in [1.82, 2.24) is 0 Å². The van der Waals surface area contributed by atoms with E-state index >= 15 is 0 Å². The van der Waals surface area contributed by atoms with Gasteiger partial charge >= 0.3 is 0 Å². The molecule has 0 aliphatic carbocycles. The third kappa shape index (κ3) is 3.57. The Balaban J connectivity index is 2.48. The summed E-state index contributed by atoms with van der Waals surface area (Å²) in [5, 5.41) is 11.0. The standard InChI is InChI=1S/C21H25NO2/c1-5-16(2)21(4,24)17(3)22(19-14-10-7-11-15-19)20(23)18-12-8-6-9-13-18/h5-17,24H,1H2,2-4H3/t16-,17+,21-/m0/s1. The van der Waals surface area contributed by atoms with Gasteiger partial charge in [0.1, 0.15) is 0 Å². The van der Waals surface area contributed by atoms with E-state index in [1.807, 2.05) is 62.4 Å². The molecule has 0 heterocycles. The van der Waals surface area contributed by atoms with Gasteiger partial charge in [0.15, 0.2) is 0 Å². The molecule has 1 amide bonds. The maximum Gasteiger partial charge on any atom is 0.258 e. The van der Waals surface area contributed by atoms with Gasteiger partial charge in [0.2, 0.25) is 0 Å². The van der Waals surface area contributed by atoms with Gasteiger partial charge in [-0.2, -0.15) is 0 Å². The average molecular weight is 323 g/mol. The summed E-state index contributed by atoms with van der Waals surface area (Å²) < 4.78 is 0. The Hall–Kier alpha value is -2.39. The number of benzene rings is 2. The number of amides is 1. The molecule has 0 fully saturated rings. The van der Waals surface area contributed by atoms with Gasteiger partial charge in [-0.15, -0.1) is 6.58 Å². The van der Waals surface area contributed by atoms with Gasteiger partial charge in [0.25, 0.3) is 5.91 Å². The Morgan fingerprint density at radius 2 is 1.58 bits per heavy atom. The Labute approximate surface area is 144 Å². The highest BCUT2D eigenvalue weighted by Crippen LogP contribution is 2.30. The second-order valence-electron chi connectivity index (χ2n) is 6.30. The van der Waals surface area contributed by atoms with Crippen molar-refractivity contribution >= 4 is 11.6 Å². The number of rotatable bonds is 6. The van der Waals surface area contributed by atoms with Crippen LogP contribution >= 0.6 is 0 Å². The maximum absolute atomic E-state index is 13.1. The van der Waals surface area contributed by atoms with Crippen LogP contribution in [-0.2, 0) is 0 Å². The first-order chi connectivity index (χ1) is 11.4. The molecule has 3 nitrogen and oxygen atoms in total. The van der Waals surface area contributed by atoms with Gasteiger partial charge in [-0.05, 0) is 38.1 Å². The van der Waals surface area contributed by atoms with Crippen LogP contribution in [0.25, 0.3) is 0 Å². The number of nitrogens with zero attached hydrogens (tertiary/aromatic N) is 1. The lowest BCUT2D eigenvalue weighted by Gasteiger charge is -2.41. The van der Waals surface area contributed by atoms with Crippen LogP contribution in [0.1, 0.15) is 31.1 Å². The van der Waals surface area contributed by atoms with Crippen molar-refractivity contribution in [2.45, 2.75) is 32.4 Å². The lowest BCUT2D eigenvalue weighted by Crippen LogP contribution is -2.55. The summed E-state index contributed by atoms with van der Waals surface area (Å²) in [6.45, 7) is 9.30. The zero-order chi connectivity index (χ0) is 17.7. The molecular weight excluding hydrogens is 298 g/mol. The first-order valence-corrected chi connectivity index (χ1v) is 8.18. The Morgan fingerprint density at radius 3 is 2.08 bits per heavy atom. The molecule has 3 heteroatoms. The molecule has 0 aliphatic rings.